The quantitative estimate of drug-likeness (QED) is 0.899. The lowest BCUT2D eigenvalue weighted by molar-refractivity contribution is 0.0253. The second-order valence-corrected chi connectivity index (χ2v) is 5.40. The van der Waals surface area contributed by atoms with Crippen molar-refractivity contribution >= 4 is 5.82 Å². The summed E-state index contributed by atoms with van der Waals surface area (Å²) in [6, 6.07) is 4.86. The number of fused-ring (bicyclic) bond motifs is 1. The number of morpholine rings is 1. The first-order valence-corrected chi connectivity index (χ1v) is 7.42. The molecule has 2 aliphatic rings. The fraction of sp³-hybridized carbons (Fsp3) is 0.667. The fourth-order valence-electron chi connectivity index (χ4n) is 3.21. The second-order valence-electron chi connectivity index (χ2n) is 5.40. The number of hydrogen-bond acceptors (Lipinski definition) is 4. The van der Waals surface area contributed by atoms with Crippen LogP contribution < -0.4 is 10.2 Å². The molecule has 2 heterocycles. The average Bonchev–Trinajstić information content (AvgIpc) is 2.93. The van der Waals surface area contributed by atoms with Gasteiger partial charge in [0.1, 0.15) is 5.82 Å². The summed E-state index contributed by atoms with van der Waals surface area (Å²) in [4.78, 5) is 7.03. The average molecular weight is 261 g/mol. The highest BCUT2D eigenvalue weighted by molar-refractivity contribution is 5.43. The lowest BCUT2D eigenvalue weighted by atomic mass is 10.1. The van der Waals surface area contributed by atoms with Crippen molar-refractivity contribution in [1.29, 1.82) is 0 Å². The summed E-state index contributed by atoms with van der Waals surface area (Å²) in [5.41, 5.74) is 1.31. The number of aromatic nitrogens is 1. The number of pyridine rings is 1. The Balaban J connectivity index is 1.76. The van der Waals surface area contributed by atoms with Gasteiger partial charge in [-0.05, 0) is 43.5 Å². The molecule has 1 saturated heterocycles. The van der Waals surface area contributed by atoms with Gasteiger partial charge in [0, 0.05) is 19.3 Å². The van der Waals surface area contributed by atoms with Crippen LogP contribution in [0.2, 0.25) is 0 Å². The summed E-state index contributed by atoms with van der Waals surface area (Å²) in [6.07, 6.45) is 6.08. The van der Waals surface area contributed by atoms with Crippen molar-refractivity contribution in [2.75, 3.05) is 24.6 Å². The number of nitrogens with one attached hydrogen (secondary N) is 1. The highest BCUT2D eigenvalue weighted by Crippen LogP contribution is 2.32. The van der Waals surface area contributed by atoms with Gasteiger partial charge in [-0.2, -0.15) is 0 Å². The monoisotopic (exact) mass is 261 g/mol. The van der Waals surface area contributed by atoms with Gasteiger partial charge in [0.15, 0.2) is 0 Å². The zero-order valence-corrected chi connectivity index (χ0v) is 11.6. The molecular weight excluding hydrogens is 238 g/mol. The Kier molecular flexibility index (Phi) is 3.99. The molecule has 19 heavy (non-hydrogen) atoms. The summed E-state index contributed by atoms with van der Waals surface area (Å²) in [5.74, 6) is 1.12. The lowest BCUT2D eigenvalue weighted by Gasteiger charge is -2.38. The predicted molar refractivity (Wildman–Crippen MR) is 76.3 cm³/mol. The maximum Gasteiger partial charge on any atom is 0.129 e. The highest BCUT2D eigenvalue weighted by atomic mass is 16.5. The molecule has 1 aromatic rings. The molecule has 104 valence electrons. The summed E-state index contributed by atoms with van der Waals surface area (Å²) in [6.45, 7) is 5.86. The van der Waals surface area contributed by atoms with E-state index in [0.717, 1.165) is 32.1 Å². The Bertz CT molecular complexity index is 424. The summed E-state index contributed by atoms with van der Waals surface area (Å²) in [7, 11) is 0. The molecule has 1 saturated carbocycles. The van der Waals surface area contributed by atoms with Crippen LogP contribution in [0.4, 0.5) is 5.82 Å². The van der Waals surface area contributed by atoms with Gasteiger partial charge in [0.05, 0.1) is 18.8 Å². The summed E-state index contributed by atoms with van der Waals surface area (Å²) >= 11 is 0. The normalized spacial score (nSPS) is 26.5. The van der Waals surface area contributed by atoms with Crippen molar-refractivity contribution in [1.82, 2.24) is 10.3 Å². The van der Waals surface area contributed by atoms with E-state index < -0.39 is 0 Å². The first kappa shape index (κ1) is 12.9. The molecular formula is C15H23N3O. The summed E-state index contributed by atoms with van der Waals surface area (Å²) in [5, 5.41) is 3.37. The van der Waals surface area contributed by atoms with Crippen molar-refractivity contribution in [2.45, 2.75) is 44.9 Å². The van der Waals surface area contributed by atoms with Crippen LogP contribution in [-0.2, 0) is 11.3 Å². The Morgan fingerprint density at radius 3 is 3.32 bits per heavy atom. The van der Waals surface area contributed by atoms with Gasteiger partial charge >= 0.3 is 0 Å². The minimum absolute atomic E-state index is 0.424. The zero-order valence-electron chi connectivity index (χ0n) is 11.6. The zero-order chi connectivity index (χ0) is 13.1. The second kappa shape index (κ2) is 5.88. The van der Waals surface area contributed by atoms with Crippen LogP contribution >= 0.6 is 0 Å². The minimum Gasteiger partial charge on any atom is -0.374 e. The molecule has 1 aliphatic heterocycles. The first-order chi connectivity index (χ1) is 9.38. The van der Waals surface area contributed by atoms with Gasteiger partial charge < -0.3 is 15.0 Å². The van der Waals surface area contributed by atoms with E-state index in [0.29, 0.717) is 12.1 Å². The number of ether oxygens (including phenoxy) is 1. The SMILES string of the molecule is CCNCc1ccnc(N2CCOC3CCCC32)c1. The third-order valence-corrected chi connectivity index (χ3v) is 4.17. The molecule has 3 rings (SSSR count). The fourth-order valence-corrected chi connectivity index (χ4v) is 3.21. The van der Waals surface area contributed by atoms with E-state index in [1.165, 1.54) is 24.8 Å². The molecule has 0 radical (unpaired) electrons. The Hall–Kier alpha value is -1.13. The van der Waals surface area contributed by atoms with Gasteiger partial charge in [-0.25, -0.2) is 4.98 Å². The third kappa shape index (κ3) is 2.74. The lowest BCUT2D eigenvalue weighted by Crippen LogP contribution is -2.49. The van der Waals surface area contributed by atoms with Crippen molar-refractivity contribution in [3.05, 3.63) is 23.9 Å². The Labute approximate surface area is 115 Å². The number of anilines is 1. The molecule has 2 unspecified atom stereocenters. The van der Waals surface area contributed by atoms with Crippen LogP contribution in [0.5, 0.6) is 0 Å². The van der Waals surface area contributed by atoms with Crippen molar-refractivity contribution in [3.63, 3.8) is 0 Å². The largest absolute Gasteiger partial charge is 0.374 e. The van der Waals surface area contributed by atoms with Crippen LogP contribution in [0, 0.1) is 0 Å². The van der Waals surface area contributed by atoms with E-state index in [1.807, 2.05) is 6.20 Å². The number of nitrogens with zero attached hydrogens (tertiary/aromatic N) is 2. The third-order valence-electron chi connectivity index (χ3n) is 4.17. The summed E-state index contributed by atoms with van der Waals surface area (Å²) < 4.78 is 5.87. The number of hydrogen-bond donors (Lipinski definition) is 1. The molecule has 0 aromatic carbocycles. The molecule has 0 amide bonds. The molecule has 1 N–H and O–H groups in total. The van der Waals surface area contributed by atoms with Crippen LogP contribution in [0.15, 0.2) is 18.3 Å². The van der Waals surface area contributed by atoms with Crippen molar-refractivity contribution in [3.8, 4) is 0 Å². The molecule has 0 spiro atoms. The minimum atomic E-state index is 0.424. The van der Waals surface area contributed by atoms with Crippen LogP contribution in [-0.4, -0.2) is 36.8 Å². The van der Waals surface area contributed by atoms with Crippen molar-refractivity contribution in [2.24, 2.45) is 0 Å². The molecule has 4 heteroatoms. The van der Waals surface area contributed by atoms with Gasteiger partial charge in [-0.15, -0.1) is 0 Å². The molecule has 4 nitrogen and oxygen atoms in total. The molecule has 1 aliphatic carbocycles. The van der Waals surface area contributed by atoms with E-state index in [2.05, 4.69) is 34.3 Å². The maximum atomic E-state index is 5.87. The van der Waals surface area contributed by atoms with Crippen molar-refractivity contribution < 1.29 is 4.74 Å². The van der Waals surface area contributed by atoms with Gasteiger partial charge in [0.25, 0.3) is 0 Å². The molecule has 1 aromatic heterocycles. The topological polar surface area (TPSA) is 37.4 Å². The van der Waals surface area contributed by atoms with E-state index in [4.69, 9.17) is 4.74 Å². The van der Waals surface area contributed by atoms with E-state index in [-0.39, 0.29) is 0 Å². The number of rotatable bonds is 4. The van der Waals surface area contributed by atoms with E-state index >= 15 is 0 Å². The van der Waals surface area contributed by atoms with Gasteiger partial charge in [-0.3, -0.25) is 0 Å². The molecule has 0 bridgehead atoms. The molecule has 2 fully saturated rings. The maximum absolute atomic E-state index is 5.87. The molecule has 2 atom stereocenters. The van der Waals surface area contributed by atoms with Crippen LogP contribution in [0.1, 0.15) is 31.7 Å². The van der Waals surface area contributed by atoms with Gasteiger partial charge in [0.2, 0.25) is 0 Å². The predicted octanol–water partition coefficient (Wildman–Crippen LogP) is 1.95. The van der Waals surface area contributed by atoms with Gasteiger partial charge in [-0.1, -0.05) is 6.92 Å². The standard InChI is InChI=1S/C15H23N3O/c1-2-16-11-12-6-7-17-15(10-12)18-8-9-19-14-5-3-4-13(14)18/h6-7,10,13-14,16H,2-5,8-9,11H2,1H3. The Morgan fingerprint density at radius 1 is 1.47 bits per heavy atom. The van der Waals surface area contributed by atoms with Crippen LogP contribution in [0.3, 0.4) is 0 Å². The first-order valence-electron chi connectivity index (χ1n) is 7.42. The Morgan fingerprint density at radius 2 is 2.42 bits per heavy atom. The van der Waals surface area contributed by atoms with Crippen LogP contribution in [0.25, 0.3) is 0 Å². The highest BCUT2D eigenvalue weighted by Gasteiger charge is 2.36. The smallest absolute Gasteiger partial charge is 0.129 e. The van der Waals surface area contributed by atoms with E-state index in [1.54, 1.807) is 0 Å². The van der Waals surface area contributed by atoms with E-state index in [9.17, 15) is 0 Å².